The van der Waals surface area contributed by atoms with Crippen LogP contribution in [0.1, 0.15) is 23.1 Å². The average Bonchev–Trinajstić information content (AvgIpc) is 2.69. The Hall–Kier alpha value is -0.980. The molecular weight excluding hydrogens is 342 g/mol. The highest BCUT2D eigenvalue weighted by atomic mass is 79.9. The maximum Gasteiger partial charge on any atom is 0.187 e. The Balaban J connectivity index is 2.23. The molecule has 19 heavy (non-hydrogen) atoms. The molecule has 3 nitrogen and oxygen atoms in total. The minimum Gasteiger partial charge on any atom is -0.389 e. The van der Waals surface area contributed by atoms with E-state index in [1.807, 2.05) is 18.2 Å². The largest absolute Gasteiger partial charge is 0.389 e. The number of hydrogen-bond donors (Lipinski definition) is 2. The molecule has 0 saturated heterocycles. The second-order valence-corrected chi connectivity index (χ2v) is 6.56. The lowest BCUT2D eigenvalue weighted by Crippen LogP contribution is -2.10. The van der Waals surface area contributed by atoms with Gasteiger partial charge in [0.05, 0.1) is 5.69 Å². The van der Waals surface area contributed by atoms with Gasteiger partial charge in [0, 0.05) is 20.6 Å². The maximum absolute atomic E-state index is 5.63. The van der Waals surface area contributed by atoms with Gasteiger partial charge in [-0.1, -0.05) is 19.1 Å². The molecule has 100 valence electrons. The van der Waals surface area contributed by atoms with Gasteiger partial charge in [-0.15, -0.1) is 11.3 Å². The van der Waals surface area contributed by atoms with Crippen LogP contribution in [0.4, 0.5) is 10.8 Å². The van der Waals surface area contributed by atoms with Crippen molar-refractivity contribution in [2.24, 2.45) is 5.73 Å². The van der Waals surface area contributed by atoms with E-state index in [2.05, 4.69) is 40.1 Å². The number of benzene rings is 1. The molecule has 6 heteroatoms. The Kier molecular flexibility index (Phi) is 4.54. The number of anilines is 2. The topological polar surface area (TPSA) is 50.9 Å². The average molecular weight is 356 g/mol. The summed E-state index contributed by atoms with van der Waals surface area (Å²) in [5.74, 6) is 0. The van der Waals surface area contributed by atoms with Crippen LogP contribution in [0.2, 0.25) is 0 Å². The van der Waals surface area contributed by atoms with Crippen LogP contribution in [0, 0.1) is 6.92 Å². The summed E-state index contributed by atoms with van der Waals surface area (Å²) in [4.78, 5) is 6.19. The molecule has 0 spiro atoms. The number of nitrogens with two attached hydrogens (primary N) is 1. The van der Waals surface area contributed by atoms with Crippen molar-refractivity contribution in [3.05, 3.63) is 38.8 Å². The zero-order valence-electron chi connectivity index (χ0n) is 10.7. The minimum absolute atomic E-state index is 0.386. The maximum atomic E-state index is 5.63. The van der Waals surface area contributed by atoms with Crippen molar-refractivity contribution in [2.45, 2.75) is 20.3 Å². The molecule has 0 fully saturated rings. The lowest BCUT2D eigenvalue weighted by atomic mass is 10.2. The smallest absolute Gasteiger partial charge is 0.187 e. The van der Waals surface area contributed by atoms with E-state index in [1.54, 1.807) is 11.3 Å². The first-order valence-corrected chi connectivity index (χ1v) is 7.85. The lowest BCUT2D eigenvalue weighted by Gasteiger charge is -2.06. The van der Waals surface area contributed by atoms with Crippen molar-refractivity contribution in [1.29, 1.82) is 0 Å². The van der Waals surface area contributed by atoms with Crippen LogP contribution in [0.25, 0.3) is 0 Å². The molecule has 0 unspecified atom stereocenters. The molecular formula is C13H14BrN3S2. The molecule has 2 rings (SSSR count). The fourth-order valence-corrected chi connectivity index (χ4v) is 3.55. The number of thiazole rings is 1. The third-order valence-corrected chi connectivity index (χ3v) is 4.52. The number of nitrogens with zero attached hydrogens (tertiary/aromatic N) is 1. The van der Waals surface area contributed by atoms with Crippen molar-refractivity contribution in [3.63, 3.8) is 0 Å². The molecule has 0 saturated carbocycles. The standard InChI is InChI=1S/C13H14BrN3S2/c1-3-11-7(2)19-13(17-11)16-8-4-5-9(12(15)18)10(14)6-8/h4-6H,3H2,1-2H3,(H2,15,18)(H,16,17). The third kappa shape index (κ3) is 3.32. The Labute approximate surface area is 130 Å². The highest BCUT2D eigenvalue weighted by molar-refractivity contribution is 9.10. The van der Waals surface area contributed by atoms with Crippen molar-refractivity contribution in [2.75, 3.05) is 5.32 Å². The first-order valence-electron chi connectivity index (χ1n) is 5.84. The molecule has 0 bridgehead atoms. The zero-order valence-corrected chi connectivity index (χ0v) is 13.9. The molecule has 0 atom stereocenters. The van der Waals surface area contributed by atoms with Crippen molar-refractivity contribution >= 4 is 55.3 Å². The lowest BCUT2D eigenvalue weighted by molar-refractivity contribution is 1.05. The van der Waals surface area contributed by atoms with Crippen molar-refractivity contribution in [3.8, 4) is 0 Å². The van der Waals surface area contributed by atoms with Crippen LogP contribution < -0.4 is 11.1 Å². The first kappa shape index (κ1) is 14.4. The molecule has 0 aliphatic rings. The van der Waals surface area contributed by atoms with E-state index in [0.29, 0.717) is 4.99 Å². The molecule has 0 aliphatic heterocycles. The van der Waals surface area contributed by atoms with Crippen molar-refractivity contribution < 1.29 is 0 Å². The second kappa shape index (κ2) is 5.98. The van der Waals surface area contributed by atoms with Gasteiger partial charge >= 0.3 is 0 Å². The number of rotatable bonds is 4. The van der Waals surface area contributed by atoms with Gasteiger partial charge in [0.25, 0.3) is 0 Å². The Morgan fingerprint density at radius 2 is 2.26 bits per heavy atom. The van der Waals surface area contributed by atoms with Crippen LogP contribution in [0.5, 0.6) is 0 Å². The number of aryl methyl sites for hydroxylation is 2. The van der Waals surface area contributed by atoms with Gasteiger partial charge < -0.3 is 11.1 Å². The number of hydrogen-bond acceptors (Lipinski definition) is 4. The molecule has 1 heterocycles. The molecule has 3 N–H and O–H groups in total. The van der Waals surface area contributed by atoms with Gasteiger partial charge in [-0.3, -0.25) is 0 Å². The summed E-state index contributed by atoms with van der Waals surface area (Å²) in [7, 11) is 0. The van der Waals surface area contributed by atoms with Gasteiger partial charge in [-0.2, -0.15) is 0 Å². The number of aromatic nitrogens is 1. The van der Waals surface area contributed by atoms with E-state index in [-0.39, 0.29) is 0 Å². The van der Waals surface area contributed by atoms with E-state index in [0.717, 1.165) is 33.0 Å². The van der Waals surface area contributed by atoms with Gasteiger partial charge in [-0.05, 0) is 47.5 Å². The fourth-order valence-electron chi connectivity index (χ4n) is 1.73. The molecule has 0 aliphatic carbocycles. The summed E-state index contributed by atoms with van der Waals surface area (Å²) in [5, 5.41) is 4.21. The summed E-state index contributed by atoms with van der Waals surface area (Å²) in [5.41, 5.74) is 8.57. The van der Waals surface area contributed by atoms with Gasteiger partial charge in [0.1, 0.15) is 4.99 Å². The number of thiocarbonyl (C=S) groups is 1. The predicted octanol–water partition coefficient (Wildman–Crippen LogP) is 4.15. The highest BCUT2D eigenvalue weighted by Crippen LogP contribution is 2.28. The first-order chi connectivity index (χ1) is 9.01. The summed E-state index contributed by atoms with van der Waals surface area (Å²) in [6.45, 7) is 4.20. The summed E-state index contributed by atoms with van der Waals surface area (Å²) < 4.78 is 0.883. The van der Waals surface area contributed by atoms with Crippen LogP contribution in [-0.4, -0.2) is 9.97 Å². The van der Waals surface area contributed by atoms with Gasteiger partial charge in [0.2, 0.25) is 0 Å². The highest BCUT2D eigenvalue weighted by Gasteiger charge is 2.08. The van der Waals surface area contributed by atoms with E-state index >= 15 is 0 Å². The van der Waals surface area contributed by atoms with E-state index < -0.39 is 0 Å². The molecule has 1 aromatic heterocycles. The quantitative estimate of drug-likeness (QED) is 0.808. The molecule has 2 aromatic rings. The molecule has 0 amide bonds. The van der Waals surface area contributed by atoms with E-state index in [1.165, 1.54) is 4.88 Å². The van der Waals surface area contributed by atoms with E-state index in [4.69, 9.17) is 18.0 Å². The Bertz CT molecular complexity index is 622. The van der Waals surface area contributed by atoms with Crippen LogP contribution in [-0.2, 0) is 6.42 Å². The monoisotopic (exact) mass is 355 g/mol. The third-order valence-electron chi connectivity index (χ3n) is 2.71. The summed E-state index contributed by atoms with van der Waals surface area (Å²) >= 11 is 10.1. The molecule has 1 aromatic carbocycles. The van der Waals surface area contributed by atoms with Crippen LogP contribution in [0.3, 0.4) is 0 Å². The number of nitrogens with one attached hydrogen (secondary N) is 1. The normalized spacial score (nSPS) is 10.5. The molecule has 0 radical (unpaired) electrons. The SMILES string of the molecule is CCc1nc(Nc2ccc(C(N)=S)c(Br)c2)sc1C. The van der Waals surface area contributed by atoms with E-state index in [9.17, 15) is 0 Å². The fraction of sp³-hybridized carbons (Fsp3) is 0.231. The zero-order chi connectivity index (χ0) is 14.0. The summed E-state index contributed by atoms with van der Waals surface area (Å²) in [6.07, 6.45) is 0.952. The Morgan fingerprint density at radius 1 is 1.53 bits per heavy atom. The van der Waals surface area contributed by atoms with Crippen molar-refractivity contribution in [1.82, 2.24) is 4.98 Å². The minimum atomic E-state index is 0.386. The van der Waals surface area contributed by atoms with Crippen LogP contribution in [0.15, 0.2) is 22.7 Å². The second-order valence-electron chi connectivity index (χ2n) is 4.06. The summed E-state index contributed by atoms with van der Waals surface area (Å²) in [6, 6.07) is 5.80. The number of halogens is 1. The van der Waals surface area contributed by atoms with Gasteiger partial charge in [0.15, 0.2) is 5.13 Å². The Morgan fingerprint density at radius 3 is 2.79 bits per heavy atom. The van der Waals surface area contributed by atoms with Gasteiger partial charge in [-0.25, -0.2) is 4.98 Å². The predicted molar refractivity (Wildman–Crippen MR) is 89.5 cm³/mol. The van der Waals surface area contributed by atoms with Crippen LogP contribution >= 0.6 is 39.5 Å².